The van der Waals surface area contributed by atoms with Crippen LogP contribution in [0.2, 0.25) is 0 Å². The highest BCUT2D eigenvalue weighted by molar-refractivity contribution is 5.36. The molecule has 0 amide bonds. The van der Waals surface area contributed by atoms with Crippen LogP contribution in [0.3, 0.4) is 0 Å². The molecule has 2 heteroatoms. The molecular weight excluding hydrogens is 222 g/mol. The van der Waals surface area contributed by atoms with Crippen molar-refractivity contribution in [2.45, 2.75) is 44.4 Å². The molecule has 1 saturated carbocycles. The summed E-state index contributed by atoms with van der Waals surface area (Å²) in [5, 5.41) is 13.4. The molecule has 1 aromatic rings. The summed E-state index contributed by atoms with van der Waals surface area (Å²) in [7, 11) is 0. The van der Waals surface area contributed by atoms with Crippen LogP contribution in [0.4, 0.5) is 0 Å². The van der Waals surface area contributed by atoms with Crippen LogP contribution in [0.1, 0.15) is 44.6 Å². The molecule has 2 aliphatic rings. The maximum Gasteiger partial charge on any atom is 0.115 e. The number of piperidine rings is 1. The summed E-state index contributed by atoms with van der Waals surface area (Å²) in [6.45, 7) is 4.65. The highest BCUT2D eigenvalue weighted by Gasteiger charge is 2.51. The van der Waals surface area contributed by atoms with E-state index in [2.05, 4.69) is 18.3 Å². The zero-order chi connectivity index (χ0) is 12.6. The van der Waals surface area contributed by atoms with E-state index in [0.29, 0.717) is 11.2 Å². The largest absolute Gasteiger partial charge is 0.508 e. The highest BCUT2D eigenvalue weighted by Crippen LogP contribution is 2.55. The van der Waals surface area contributed by atoms with Crippen LogP contribution in [0.25, 0.3) is 0 Å². The van der Waals surface area contributed by atoms with Gasteiger partial charge in [0.1, 0.15) is 5.75 Å². The molecule has 18 heavy (non-hydrogen) atoms. The van der Waals surface area contributed by atoms with E-state index in [-0.39, 0.29) is 5.41 Å². The third-order valence-corrected chi connectivity index (χ3v) is 5.38. The molecule has 2 N–H and O–H groups in total. The van der Waals surface area contributed by atoms with Crippen LogP contribution in [0.15, 0.2) is 24.3 Å². The van der Waals surface area contributed by atoms with Crippen molar-refractivity contribution in [3.05, 3.63) is 29.8 Å². The predicted octanol–water partition coefficient (Wildman–Crippen LogP) is 3.20. The minimum atomic E-state index is 0.273. The molecule has 0 aromatic heterocycles. The molecule has 2 fully saturated rings. The number of fused-ring (bicyclic) bond motifs is 1. The predicted molar refractivity (Wildman–Crippen MR) is 73.8 cm³/mol. The summed E-state index contributed by atoms with van der Waals surface area (Å²) in [5.41, 5.74) is 1.97. The van der Waals surface area contributed by atoms with E-state index in [4.69, 9.17) is 0 Å². The second-order valence-electron chi connectivity index (χ2n) is 6.33. The van der Waals surface area contributed by atoms with Gasteiger partial charge in [-0.1, -0.05) is 31.9 Å². The van der Waals surface area contributed by atoms with Crippen molar-refractivity contribution in [2.75, 3.05) is 13.1 Å². The summed E-state index contributed by atoms with van der Waals surface area (Å²) in [4.78, 5) is 0. The molecule has 0 bridgehead atoms. The van der Waals surface area contributed by atoms with Crippen LogP contribution in [-0.4, -0.2) is 18.2 Å². The molecule has 1 aromatic carbocycles. The first-order valence-corrected chi connectivity index (χ1v) is 7.17. The summed E-state index contributed by atoms with van der Waals surface area (Å²) < 4.78 is 0. The number of nitrogens with one attached hydrogen (secondary N) is 1. The number of hydrogen-bond acceptors (Lipinski definition) is 2. The Kier molecular flexibility index (Phi) is 2.86. The molecule has 98 valence electrons. The van der Waals surface area contributed by atoms with Gasteiger partial charge in [0, 0.05) is 12.0 Å². The number of benzene rings is 1. The van der Waals surface area contributed by atoms with Crippen LogP contribution in [0.5, 0.6) is 5.75 Å². The lowest BCUT2D eigenvalue weighted by Crippen LogP contribution is -2.56. The average Bonchev–Trinajstić information content (AvgIpc) is 2.38. The Morgan fingerprint density at radius 3 is 2.83 bits per heavy atom. The minimum absolute atomic E-state index is 0.273. The van der Waals surface area contributed by atoms with E-state index in [1.165, 1.54) is 37.7 Å². The van der Waals surface area contributed by atoms with Crippen molar-refractivity contribution in [1.82, 2.24) is 5.32 Å². The van der Waals surface area contributed by atoms with Gasteiger partial charge in [0.2, 0.25) is 0 Å². The van der Waals surface area contributed by atoms with Crippen molar-refractivity contribution in [3.8, 4) is 5.75 Å². The molecule has 2 nitrogen and oxygen atoms in total. The van der Waals surface area contributed by atoms with Crippen LogP contribution in [0, 0.1) is 5.41 Å². The Bertz CT molecular complexity index is 428. The molecule has 2 atom stereocenters. The summed E-state index contributed by atoms with van der Waals surface area (Å²) in [5.74, 6) is 0.410. The van der Waals surface area contributed by atoms with E-state index < -0.39 is 0 Å². The van der Waals surface area contributed by atoms with Crippen LogP contribution < -0.4 is 5.32 Å². The third-order valence-electron chi connectivity index (χ3n) is 5.38. The lowest BCUT2D eigenvalue weighted by Gasteiger charge is -2.56. The number of hydrogen-bond donors (Lipinski definition) is 2. The van der Waals surface area contributed by atoms with Gasteiger partial charge in [-0.25, -0.2) is 0 Å². The normalized spacial score (nSPS) is 36.1. The first kappa shape index (κ1) is 12.0. The van der Waals surface area contributed by atoms with E-state index in [9.17, 15) is 5.11 Å². The van der Waals surface area contributed by atoms with Gasteiger partial charge < -0.3 is 10.4 Å². The monoisotopic (exact) mass is 245 g/mol. The first-order valence-electron chi connectivity index (χ1n) is 7.17. The van der Waals surface area contributed by atoms with Crippen molar-refractivity contribution in [1.29, 1.82) is 0 Å². The topological polar surface area (TPSA) is 32.3 Å². The average molecular weight is 245 g/mol. The van der Waals surface area contributed by atoms with E-state index in [0.717, 1.165) is 13.1 Å². The Hall–Kier alpha value is -1.02. The van der Waals surface area contributed by atoms with Gasteiger partial charge in [-0.05, 0) is 48.9 Å². The fraction of sp³-hybridized carbons (Fsp3) is 0.625. The van der Waals surface area contributed by atoms with Crippen molar-refractivity contribution < 1.29 is 5.11 Å². The van der Waals surface area contributed by atoms with E-state index in [1.54, 1.807) is 6.07 Å². The van der Waals surface area contributed by atoms with Gasteiger partial charge in [-0.3, -0.25) is 0 Å². The number of phenolic OH excluding ortho intramolecular Hbond substituents is 1. The van der Waals surface area contributed by atoms with Crippen LogP contribution >= 0.6 is 0 Å². The highest BCUT2D eigenvalue weighted by atomic mass is 16.3. The fourth-order valence-corrected chi connectivity index (χ4v) is 4.27. The third kappa shape index (κ3) is 1.66. The number of phenols is 1. The quantitative estimate of drug-likeness (QED) is 0.796. The maximum absolute atomic E-state index is 9.80. The lowest BCUT2D eigenvalue weighted by molar-refractivity contribution is 0.0396. The molecule has 1 heterocycles. The van der Waals surface area contributed by atoms with Gasteiger partial charge in [0.15, 0.2) is 0 Å². The molecule has 2 unspecified atom stereocenters. The number of aromatic hydroxyl groups is 1. The SMILES string of the molecule is CC12CCCCC1(c1cccc(O)c1)CCNC2. The van der Waals surface area contributed by atoms with E-state index in [1.807, 2.05) is 12.1 Å². The summed E-state index contributed by atoms with van der Waals surface area (Å²) in [6.07, 6.45) is 6.45. The fourth-order valence-electron chi connectivity index (χ4n) is 4.27. The first-order chi connectivity index (χ1) is 8.66. The zero-order valence-electron chi connectivity index (χ0n) is 11.2. The summed E-state index contributed by atoms with van der Waals surface area (Å²) >= 11 is 0. The Labute approximate surface area is 109 Å². The molecule has 0 spiro atoms. The van der Waals surface area contributed by atoms with Crippen molar-refractivity contribution in [3.63, 3.8) is 0 Å². The minimum Gasteiger partial charge on any atom is -0.508 e. The molecule has 1 saturated heterocycles. The second-order valence-corrected chi connectivity index (χ2v) is 6.33. The molecule has 0 radical (unpaired) electrons. The molecule has 1 aliphatic heterocycles. The van der Waals surface area contributed by atoms with Gasteiger partial charge in [0.05, 0.1) is 0 Å². The Morgan fingerprint density at radius 2 is 2.00 bits per heavy atom. The molecule has 3 rings (SSSR count). The van der Waals surface area contributed by atoms with Crippen LogP contribution in [-0.2, 0) is 5.41 Å². The smallest absolute Gasteiger partial charge is 0.115 e. The van der Waals surface area contributed by atoms with Gasteiger partial charge in [-0.2, -0.15) is 0 Å². The number of rotatable bonds is 1. The standard InChI is InChI=1S/C16H23NO/c1-15-7-2-3-8-16(15,9-10-17-12-15)13-5-4-6-14(18)11-13/h4-6,11,17-18H,2-3,7-10,12H2,1H3. The second kappa shape index (κ2) is 4.27. The summed E-state index contributed by atoms with van der Waals surface area (Å²) in [6, 6.07) is 7.99. The molecule has 1 aliphatic carbocycles. The van der Waals surface area contributed by atoms with Gasteiger partial charge in [0.25, 0.3) is 0 Å². The van der Waals surface area contributed by atoms with Crippen molar-refractivity contribution >= 4 is 0 Å². The van der Waals surface area contributed by atoms with E-state index >= 15 is 0 Å². The van der Waals surface area contributed by atoms with Gasteiger partial charge in [-0.15, -0.1) is 0 Å². The van der Waals surface area contributed by atoms with Gasteiger partial charge >= 0.3 is 0 Å². The van der Waals surface area contributed by atoms with Crippen molar-refractivity contribution in [2.24, 2.45) is 5.41 Å². The maximum atomic E-state index is 9.80. The zero-order valence-corrected chi connectivity index (χ0v) is 11.2. The Balaban J connectivity index is 2.08. The Morgan fingerprint density at radius 1 is 1.17 bits per heavy atom. The molecular formula is C16H23NO. The lowest BCUT2D eigenvalue weighted by atomic mass is 9.51.